The van der Waals surface area contributed by atoms with E-state index in [4.69, 9.17) is 27.9 Å². The number of pyridine rings is 1. The molecule has 2 saturated heterocycles. The van der Waals surface area contributed by atoms with Gasteiger partial charge in [0, 0.05) is 37.3 Å². The van der Waals surface area contributed by atoms with Gasteiger partial charge >= 0.3 is 0 Å². The van der Waals surface area contributed by atoms with E-state index >= 15 is 0 Å². The average Bonchev–Trinajstić information content (AvgIpc) is 2.55. The van der Waals surface area contributed by atoms with E-state index in [0.29, 0.717) is 35.6 Å². The number of anilines is 1. The third-order valence-corrected chi connectivity index (χ3v) is 5.18. The third kappa shape index (κ3) is 3.62. The molecule has 3 heterocycles. The maximum Gasteiger partial charge on any atom is 0.253 e. The Bertz CT molecular complexity index is 555. The minimum absolute atomic E-state index is 0.0649. The molecule has 0 aliphatic carbocycles. The van der Waals surface area contributed by atoms with Gasteiger partial charge in [0.2, 0.25) is 0 Å². The molecule has 1 aromatic heterocycles. The van der Waals surface area contributed by atoms with Crippen LogP contribution in [0.15, 0.2) is 12.3 Å². The van der Waals surface area contributed by atoms with Crippen LogP contribution in [0.3, 0.4) is 0 Å². The zero-order valence-electron chi connectivity index (χ0n) is 12.0. The van der Waals surface area contributed by atoms with Crippen LogP contribution in [-0.4, -0.2) is 66.2 Å². The molecule has 0 radical (unpaired) electrons. The number of nitrogens with zero attached hydrogens (tertiary/aromatic N) is 3. The summed E-state index contributed by atoms with van der Waals surface area (Å²) in [5.74, 6) is 2.70. The van der Waals surface area contributed by atoms with Crippen molar-refractivity contribution in [2.45, 2.75) is 6.10 Å². The van der Waals surface area contributed by atoms with E-state index in [9.17, 15) is 4.79 Å². The van der Waals surface area contributed by atoms with Crippen molar-refractivity contribution in [2.75, 3.05) is 49.2 Å². The normalized spacial score (nSPS) is 22.7. The molecule has 0 spiro atoms. The van der Waals surface area contributed by atoms with Gasteiger partial charge in [-0.25, -0.2) is 4.98 Å². The monoisotopic (exact) mass is 361 g/mol. The smallest absolute Gasteiger partial charge is 0.253 e. The first kappa shape index (κ1) is 16.2. The number of morpholine rings is 1. The molecule has 0 saturated carbocycles. The summed E-state index contributed by atoms with van der Waals surface area (Å²) < 4.78 is 5.67. The zero-order valence-corrected chi connectivity index (χ0v) is 14.3. The molecule has 3 rings (SSSR count). The maximum absolute atomic E-state index is 12.6. The summed E-state index contributed by atoms with van der Waals surface area (Å²) in [6.45, 7) is 3.21. The molecule has 8 heteroatoms. The number of hydrogen-bond donors (Lipinski definition) is 0. The second-order valence-corrected chi connectivity index (χ2v) is 7.27. The summed E-state index contributed by atoms with van der Waals surface area (Å²) in [6.07, 6.45) is 1.11. The van der Waals surface area contributed by atoms with Gasteiger partial charge in [-0.3, -0.25) is 4.79 Å². The summed E-state index contributed by atoms with van der Waals surface area (Å²) in [6, 6.07) is 1.67. The minimum atomic E-state index is -0.453. The molecule has 1 aromatic rings. The van der Waals surface area contributed by atoms with Gasteiger partial charge in [-0.1, -0.05) is 23.2 Å². The Hall–Kier alpha value is -0.690. The summed E-state index contributed by atoms with van der Waals surface area (Å²) in [5, 5.41) is 0.996. The fourth-order valence-corrected chi connectivity index (χ4v) is 4.02. The van der Waals surface area contributed by atoms with Crippen LogP contribution in [0, 0.1) is 0 Å². The highest BCUT2D eigenvalue weighted by atomic mass is 35.5. The van der Waals surface area contributed by atoms with Crippen molar-refractivity contribution < 1.29 is 9.53 Å². The molecule has 2 fully saturated rings. The summed E-state index contributed by atoms with van der Waals surface area (Å²) >= 11 is 14.0. The van der Waals surface area contributed by atoms with Gasteiger partial charge in [0.25, 0.3) is 5.91 Å². The van der Waals surface area contributed by atoms with Crippen molar-refractivity contribution >= 4 is 46.7 Å². The van der Waals surface area contributed by atoms with E-state index in [2.05, 4.69) is 4.98 Å². The second kappa shape index (κ2) is 7.25. The van der Waals surface area contributed by atoms with E-state index in [0.717, 1.165) is 24.6 Å². The Morgan fingerprint density at radius 1 is 1.32 bits per heavy atom. The summed E-state index contributed by atoms with van der Waals surface area (Å²) in [5.41, 5.74) is 0. The first-order valence-corrected chi connectivity index (χ1v) is 9.10. The minimum Gasteiger partial charge on any atom is -0.365 e. The van der Waals surface area contributed by atoms with E-state index in [1.165, 1.54) is 0 Å². The first-order chi connectivity index (χ1) is 10.6. The van der Waals surface area contributed by atoms with Crippen molar-refractivity contribution in [3.8, 4) is 0 Å². The van der Waals surface area contributed by atoms with Crippen LogP contribution < -0.4 is 4.90 Å². The van der Waals surface area contributed by atoms with Gasteiger partial charge in [-0.15, -0.1) is 0 Å². The molecule has 0 N–H and O–H groups in total. The van der Waals surface area contributed by atoms with Crippen LogP contribution in [0.25, 0.3) is 0 Å². The lowest BCUT2D eigenvalue weighted by Gasteiger charge is -2.36. The topological polar surface area (TPSA) is 45.7 Å². The summed E-state index contributed by atoms with van der Waals surface area (Å²) in [7, 11) is 0. The zero-order chi connectivity index (χ0) is 15.5. The van der Waals surface area contributed by atoms with Crippen LogP contribution in [-0.2, 0) is 9.53 Å². The van der Waals surface area contributed by atoms with Crippen LogP contribution in [0.1, 0.15) is 0 Å². The van der Waals surface area contributed by atoms with Crippen LogP contribution in [0.4, 0.5) is 5.82 Å². The lowest BCUT2D eigenvalue weighted by atomic mass is 10.2. The Balaban J connectivity index is 1.69. The number of aromatic nitrogens is 1. The number of amides is 1. The molecular weight excluding hydrogens is 345 g/mol. The number of carbonyl (C=O) groups excluding carboxylic acids is 1. The number of rotatable bonds is 2. The molecule has 2 aliphatic heterocycles. The first-order valence-electron chi connectivity index (χ1n) is 7.19. The highest BCUT2D eigenvalue weighted by Crippen LogP contribution is 2.27. The van der Waals surface area contributed by atoms with Crippen molar-refractivity contribution in [2.24, 2.45) is 0 Å². The molecule has 0 bridgehead atoms. The molecule has 0 aromatic carbocycles. The third-order valence-electron chi connectivity index (χ3n) is 3.75. The number of carbonyl (C=O) groups is 1. The van der Waals surface area contributed by atoms with Crippen molar-refractivity contribution in [1.29, 1.82) is 0 Å². The van der Waals surface area contributed by atoms with Gasteiger partial charge in [0.05, 0.1) is 23.2 Å². The summed E-state index contributed by atoms with van der Waals surface area (Å²) in [4.78, 5) is 20.7. The molecule has 22 heavy (non-hydrogen) atoms. The van der Waals surface area contributed by atoms with Crippen LogP contribution in [0.5, 0.6) is 0 Å². The predicted octanol–water partition coefficient (Wildman–Crippen LogP) is 2.17. The van der Waals surface area contributed by atoms with Gasteiger partial charge in [-0.05, 0) is 6.07 Å². The quantitative estimate of drug-likeness (QED) is 0.807. The van der Waals surface area contributed by atoms with E-state index in [-0.39, 0.29) is 5.91 Å². The van der Waals surface area contributed by atoms with Gasteiger partial charge < -0.3 is 14.5 Å². The number of ether oxygens (including phenoxy) is 1. The lowest BCUT2D eigenvalue weighted by molar-refractivity contribution is -0.144. The van der Waals surface area contributed by atoms with Crippen molar-refractivity contribution in [3.05, 3.63) is 22.3 Å². The highest BCUT2D eigenvalue weighted by molar-refractivity contribution is 7.99. The SMILES string of the molecule is O=C(C1CN(c2ncc(Cl)cc2Cl)CCO1)N1CCSCC1. The maximum atomic E-state index is 12.6. The molecule has 1 unspecified atom stereocenters. The van der Waals surface area contributed by atoms with E-state index in [1.54, 1.807) is 12.3 Å². The average molecular weight is 362 g/mol. The molecule has 1 atom stereocenters. The lowest BCUT2D eigenvalue weighted by Crippen LogP contribution is -2.52. The Kier molecular flexibility index (Phi) is 5.33. The molecule has 2 aliphatic rings. The van der Waals surface area contributed by atoms with Crippen molar-refractivity contribution in [3.63, 3.8) is 0 Å². The molecule has 5 nitrogen and oxygen atoms in total. The number of thioether (sulfide) groups is 1. The largest absolute Gasteiger partial charge is 0.365 e. The fraction of sp³-hybridized carbons (Fsp3) is 0.571. The number of hydrogen-bond acceptors (Lipinski definition) is 5. The van der Waals surface area contributed by atoms with Crippen LogP contribution >= 0.6 is 35.0 Å². The van der Waals surface area contributed by atoms with Crippen LogP contribution in [0.2, 0.25) is 10.0 Å². The molecule has 120 valence electrons. The number of halogens is 2. The molecular formula is C14H17Cl2N3O2S. The molecule has 1 amide bonds. The van der Waals surface area contributed by atoms with E-state index in [1.807, 2.05) is 21.6 Å². The highest BCUT2D eigenvalue weighted by Gasteiger charge is 2.32. The predicted molar refractivity (Wildman–Crippen MR) is 90.1 cm³/mol. The van der Waals surface area contributed by atoms with Gasteiger partial charge in [-0.2, -0.15) is 11.8 Å². The Morgan fingerprint density at radius 2 is 2.09 bits per heavy atom. The van der Waals surface area contributed by atoms with Gasteiger partial charge in [0.15, 0.2) is 6.10 Å². The standard InChI is InChI=1S/C14H17Cl2N3O2S/c15-10-7-11(16)13(17-8-10)19-1-4-21-12(9-19)14(20)18-2-5-22-6-3-18/h7-8,12H,1-6,9H2. The Labute approximate surface area is 143 Å². The fourth-order valence-electron chi connectivity index (χ4n) is 2.62. The second-order valence-electron chi connectivity index (χ2n) is 5.20. The van der Waals surface area contributed by atoms with E-state index < -0.39 is 6.10 Å². The van der Waals surface area contributed by atoms with Gasteiger partial charge in [0.1, 0.15) is 5.82 Å². The Morgan fingerprint density at radius 3 is 2.82 bits per heavy atom. The van der Waals surface area contributed by atoms with Crippen molar-refractivity contribution in [1.82, 2.24) is 9.88 Å².